The molecule has 8 nitrogen and oxygen atoms in total. The van der Waals surface area contributed by atoms with Gasteiger partial charge >= 0.3 is 6.09 Å². The van der Waals surface area contributed by atoms with Crippen molar-refractivity contribution >= 4 is 11.8 Å². The number of carbonyl (C=O) groups is 1. The number of hydrogen-bond acceptors (Lipinski definition) is 6. The average Bonchev–Trinajstić information content (AvgIpc) is 2.42. The van der Waals surface area contributed by atoms with Crippen LogP contribution in [0, 0.1) is 10.1 Å². The van der Waals surface area contributed by atoms with Gasteiger partial charge in [-0.05, 0) is 38.5 Å². The number of carbonyl (C=O) groups excluding carboxylic acids is 1. The third kappa shape index (κ3) is 5.30. The predicted molar refractivity (Wildman–Crippen MR) is 78.3 cm³/mol. The van der Waals surface area contributed by atoms with Gasteiger partial charge in [-0.2, -0.15) is 0 Å². The van der Waals surface area contributed by atoms with E-state index in [9.17, 15) is 25.1 Å². The van der Waals surface area contributed by atoms with Gasteiger partial charge in [-0.15, -0.1) is 0 Å². The van der Waals surface area contributed by atoms with E-state index in [1.807, 2.05) is 0 Å². The molecule has 0 aromatic heterocycles. The fourth-order valence-corrected chi connectivity index (χ4v) is 1.71. The smallest absolute Gasteiger partial charge is 0.408 e. The highest BCUT2D eigenvalue weighted by Gasteiger charge is 2.25. The van der Waals surface area contributed by atoms with E-state index in [1.54, 1.807) is 20.8 Å². The number of non-ortho nitro benzene ring substituents is 1. The van der Waals surface area contributed by atoms with Crippen LogP contribution in [0.1, 0.15) is 32.4 Å². The number of alkyl carbamates (subject to hydrolysis) is 1. The highest BCUT2D eigenvalue weighted by atomic mass is 16.6. The zero-order valence-corrected chi connectivity index (χ0v) is 12.6. The Kier molecular flexibility index (Phi) is 5.84. The Morgan fingerprint density at radius 2 is 1.91 bits per heavy atom. The third-order valence-electron chi connectivity index (χ3n) is 2.73. The lowest BCUT2D eigenvalue weighted by Crippen LogP contribution is -2.44. The van der Waals surface area contributed by atoms with Crippen molar-refractivity contribution < 1.29 is 24.7 Å². The van der Waals surface area contributed by atoms with Gasteiger partial charge in [-0.1, -0.05) is 0 Å². The average molecular weight is 312 g/mol. The molecule has 0 radical (unpaired) electrons. The minimum atomic E-state index is -1.22. The van der Waals surface area contributed by atoms with Crippen LogP contribution >= 0.6 is 0 Å². The number of amides is 1. The fourth-order valence-electron chi connectivity index (χ4n) is 1.71. The first-order chi connectivity index (χ1) is 10.1. The third-order valence-corrected chi connectivity index (χ3v) is 2.73. The number of nitrogens with one attached hydrogen (secondary N) is 1. The maximum atomic E-state index is 11.7. The summed E-state index contributed by atoms with van der Waals surface area (Å²) in [4.78, 5) is 21.7. The van der Waals surface area contributed by atoms with Crippen LogP contribution in [0.15, 0.2) is 24.3 Å². The van der Waals surface area contributed by atoms with Crippen molar-refractivity contribution in [2.24, 2.45) is 0 Å². The summed E-state index contributed by atoms with van der Waals surface area (Å²) in [6.07, 6.45) is -1.99. The van der Waals surface area contributed by atoms with Crippen molar-refractivity contribution in [2.75, 3.05) is 6.61 Å². The SMILES string of the molecule is CC(C)(C)OC(=O)N[C@@H](CO)[C@@H](O)c1ccc([N+](=O)[O-])cc1. The number of nitro benzene ring substituents is 1. The number of ether oxygens (including phenoxy) is 1. The monoisotopic (exact) mass is 312 g/mol. The van der Waals surface area contributed by atoms with Gasteiger partial charge in [0, 0.05) is 12.1 Å². The summed E-state index contributed by atoms with van der Waals surface area (Å²) in [6.45, 7) is 4.55. The van der Waals surface area contributed by atoms with Crippen LogP contribution in [-0.4, -0.2) is 39.5 Å². The van der Waals surface area contributed by atoms with Crippen LogP contribution in [0.25, 0.3) is 0 Å². The van der Waals surface area contributed by atoms with Gasteiger partial charge in [-0.3, -0.25) is 10.1 Å². The molecule has 0 heterocycles. The van der Waals surface area contributed by atoms with Crippen LogP contribution in [0.4, 0.5) is 10.5 Å². The van der Waals surface area contributed by atoms with Gasteiger partial charge in [0.25, 0.3) is 5.69 Å². The largest absolute Gasteiger partial charge is 0.444 e. The van der Waals surface area contributed by atoms with Crippen LogP contribution in [-0.2, 0) is 4.74 Å². The molecule has 1 rings (SSSR count). The summed E-state index contributed by atoms with van der Waals surface area (Å²) < 4.78 is 5.05. The number of nitro groups is 1. The van der Waals surface area contributed by atoms with Crippen molar-refractivity contribution in [1.82, 2.24) is 5.32 Å². The second kappa shape index (κ2) is 7.19. The molecule has 0 bridgehead atoms. The topological polar surface area (TPSA) is 122 Å². The van der Waals surface area contributed by atoms with E-state index in [-0.39, 0.29) is 5.69 Å². The van der Waals surface area contributed by atoms with E-state index in [2.05, 4.69) is 5.32 Å². The summed E-state index contributed by atoms with van der Waals surface area (Å²) in [6, 6.07) is 4.21. The van der Waals surface area contributed by atoms with E-state index in [0.29, 0.717) is 5.56 Å². The lowest BCUT2D eigenvalue weighted by Gasteiger charge is -2.25. The normalized spacial score (nSPS) is 14.0. The molecule has 22 heavy (non-hydrogen) atoms. The number of rotatable bonds is 5. The van der Waals surface area contributed by atoms with Crippen LogP contribution in [0.3, 0.4) is 0 Å². The molecule has 2 atom stereocenters. The number of nitrogens with zero attached hydrogens (tertiary/aromatic N) is 1. The molecule has 0 aliphatic rings. The van der Waals surface area contributed by atoms with Gasteiger partial charge < -0.3 is 20.3 Å². The zero-order chi connectivity index (χ0) is 16.9. The molecule has 0 aliphatic heterocycles. The van der Waals surface area contributed by atoms with Gasteiger partial charge in [0.2, 0.25) is 0 Å². The molecular formula is C14H20N2O6. The predicted octanol–water partition coefficient (Wildman–Crippen LogP) is 1.51. The molecule has 1 aromatic rings. The molecule has 8 heteroatoms. The van der Waals surface area contributed by atoms with Gasteiger partial charge in [0.15, 0.2) is 0 Å². The summed E-state index contributed by atoms with van der Waals surface area (Å²) in [7, 11) is 0. The van der Waals surface area contributed by atoms with Crippen molar-refractivity contribution in [3.8, 4) is 0 Å². The molecule has 0 fully saturated rings. The minimum Gasteiger partial charge on any atom is -0.444 e. The molecular weight excluding hydrogens is 292 g/mol. The Morgan fingerprint density at radius 3 is 2.32 bits per heavy atom. The molecule has 3 N–H and O–H groups in total. The molecule has 0 saturated heterocycles. The van der Waals surface area contributed by atoms with Crippen molar-refractivity contribution in [1.29, 1.82) is 0 Å². The van der Waals surface area contributed by atoms with Gasteiger partial charge in [0.05, 0.1) is 17.6 Å². The minimum absolute atomic E-state index is 0.114. The second-order valence-electron chi connectivity index (χ2n) is 5.73. The van der Waals surface area contributed by atoms with Crippen molar-refractivity contribution in [3.63, 3.8) is 0 Å². The Bertz CT molecular complexity index is 523. The molecule has 1 amide bonds. The highest BCUT2D eigenvalue weighted by molar-refractivity contribution is 5.68. The van der Waals surface area contributed by atoms with Gasteiger partial charge in [0.1, 0.15) is 11.7 Å². The second-order valence-corrected chi connectivity index (χ2v) is 5.73. The standard InChI is InChI=1S/C14H20N2O6/c1-14(2,3)22-13(19)15-11(8-17)12(18)9-4-6-10(7-5-9)16(20)21/h4-7,11-12,17-18H,8H2,1-3H3,(H,15,19)/t11-,12-/m0/s1. The number of benzene rings is 1. The molecule has 1 aromatic carbocycles. The quantitative estimate of drug-likeness (QED) is 0.559. The molecule has 0 aliphatic carbocycles. The summed E-state index contributed by atoms with van der Waals surface area (Å²) in [5, 5.41) is 32.4. The Labute approximate surface area is 127 Å². The van der Waals surface area contributed by atoms with Crippen molar-refractivity contribution in [2.45, 2.75) is 38.5 Å². The Hall–Kier alpha value is -2.19. The highest BCUT2D eigenvalue weighted by Crippen LogP contribution is 2.20. The molecule has 0 spiro atoms. The van der Waals surface area contributed by atoms with E-state index >= 15 is 0 Å². The van der Waals surface area contributed by atoms with Gasteiger partial charge in [-0.25, -0.2) is 4.79 Å². The van der Waals surface area contributed by atoms with E-state index in [0.717, 1.165) is 0 Å². The number of aliphatic hydroxyl groups excluding tert-OH is 2. The first-order valence-corrected chi connectivity index (χ1v) is 6.67. The molecule has 122 valence electrons. The Balaban J connectivity index is 2.77. The Morgan fingerprint density at radius 1 is 1.36 bits per heavy atom. The summed E-state index contributed by atoms with van der Waals surface area (Å²) in [5.41, 5.74) is -0.486. The summed E-state index contributed by atoms with van der Waals surface area (Å²) >= 11 is 0. The lowest BCUT2D eigenvalue weighted by atomic mass is 10.0. The number of hydrogen-bond donors (Lipinski definition) is 3. The number of aliphatic hydroxyl groups is 2. The molecule has 0 unspecified atom stereocenters. The first kappa shape index (κ1) is 17.9. The maximum absolute atomic E-state index is 11.7. The maximum Gasteiger partial charge on any atom is 0.408 e. The van der Waals surface area contributed by atoms with E-state index < -0.39 is 35.4 Å². The first-order valence-electron chi connectivity index (χ1n) is 6.67. The zero-order valence-electron chi connectivity index (χ0n) is 12.6. The molecule has 0 saturated carbocycles. The lowest BCUT2D eigenvalue weighted by molar-refractivity contribution is -0.384. The van der Waals surface area contributed by atoms with E-state index in [1.165, 1.54) is 24.3 Å². The van der Waals surface area contributed by atoms with E-state index in [4.69, 9.17) is 4.74 Å². The van der Waals surface area contributed by atoms with Crippen LogP contribution < -0.4 is 5.32 Å². The fraction of sp³-hybridized carbons (Fsp3) is 0.500. The summed E-state index contributed by atoms with van der Waals surface area (Å²) in [5.74, 6) is 0. The van der Waals surface area contributed by atoms with Crippen LogP contribution in [0.5, 0.6) is 0 Å². The van der Waals surface area contributed by atoms with Crippen LogP contribution in [0.2, 0.25) is 0 Å². The van der Waals surface area contributed by atoms with Crippen molar-refractivity contribution in [3.05, 3.63) is 39.9 Å².